The minimum absolute atomic E-state index is 0.0738. The molecule has 1 aliphatic carbocycles. The predicted octanol–water partition coefficient (Wildman–Crippen LogP) is 1.31. The van der Waals surface area contributed by atoms with E-state index in [9.17, 15) is 9.18 Å². The normalized spacial score (nSPS) is 16.6. The monoisotopic (exact) mass is 237 g/mol. The molecule has 0 spiro atoms. The molecule has 0 heterocycles. The van der Waals surface area contributed by atoms with Crippen LogP contribution in [0.15, 0.2) is 24.3 Å². The first-order chi connectivity index (χ1) is 8.12. The average Bonchev–Trinajstić information content (AvgIpc) is 3.10. The van der Waals surface area contributed by atoms with Crippen molar-refractivity contribution >= 4 is 5.91 Å². The number of carbonyl (C=O) groups excluding carboxylic acids is 1. The Bertz CT molecular complexity index is 429. The van der Waals surface area contributed by atoms with E-state index in [0.717, 1.165) is 0 Å². The Kier molecular flexibility index (Phi) is 3.15. The van der Waals surface area contributed by atoms with Gasteiger partial charge in [0.2, 0.25) is 5.91 Å². The Morgan fingerprint density at radius 1 is 1.47 bits per heavy atom. The minimum Gasteiger partial charge on any atom is -0.395 e. The van der Waals surface area contributed by atoms with Gasteiger partial charge in [0.05, 0.1) is 12.0 Å². The molecule has 0 aromatic heterocycles. The molecular formula is C13H16FNO2. The first-order valence-electron chi connectivity index (χ1n) is 5.73. The van der Waals surface area contributed by atoms with Gasteiger partial charge in [-0.1, -0.05) is 18.2 Å². The fourth-order valence-corrected chi connectivity index (χ4v) is 2.19. The van der Waals surface area contributed by atoms with Gasteiger partial charge >= 0.3 is 0 Å². The summed E-state index contributed by atoms with van der Waals surface area (Å²) >= 11 is 0. The van der Waals surface area contributed by atoms with E-state index in [1.54, 1.807) is 25.2 Å². The van der Waals surface area contributed by atoms with E-state index >= 15 is 0 Å². The fourth-order valence-electron chi connectivity index (χ4n) is 2.19. The number of carbonyl (C=O) groups is 1. The van der Waals surface area contributed by atoms with Crippen molar-refractivity contribution < 1.29 is 14.3 Å². The molecule has 1 aromatic carbocycles. The van der Waals surface area contributed by atoms with Crippen LogP contribution in [0.25, 0.3) is 0 Å². The molecule has 0 bridgehead atoms. The fraction of sp³-hybridized carbons (Fsp3) is 0.462. The lowest BCUT2D eigenvalue weighted by atomic mass is 9.94. The standard InChI is InChI=1S/C13H16FNO2/c1-15(8-9-16)12(17)13(6-7-13)10-4-2-3-5-11(10)14/h2-5,16H,6-9H2,1H3. The van der Waals surface area contributed by atoms with Crippen molar-refractivity contribution in [3.8, 4) is 0 Å². The van der Waals surface area contributed by atoms with Crippen molar-refractivity contribution in [2.75, 3.05) is 20.2 Å². The number of hydrogen-bond acceptors (Lipinski definition) is 2. The van der Waals surface area contributed by atoms with Crippen molar-refractivity contribution in [2.24, 2.45) is 0 Å². The first-order valence-corrected chi connectivity index (χ1v) is 5.73. The Balaban J connectivity index is 2.26. The molecule has 1 saturated carbocycles. The Labute approximate surface area is 99.9 Å². The van der Waals surface area contributed by atoms with Gasteiger partial charge < -0.3 is 10.0 Å². The SMILES string of the molecule is CN(CCO)C(=O)C1(c2ccccc2F)CC1. The van der Waals surface area contributed by atoms with Crippen LogP contribution >= 0.6 is 0 Å². The highest BCUT2D eigenvalue weighted by molar-refractivity contribution is 5.91. The van der Waals surface area contributed by atoms with Crippen molar-refractivity contribution in [1.82, 2.24) is 4.90 Å². The van der Waals surface area contributed by atoms with Gasteiger partial charge in [-0.2, -0.15) is 0 Å². The van der Waals surface area contributed by atoms with Crippen LogP contribution in [0.4, 0.5) is 4.39 Å². The summed E-state index contributed by atoms with van der Waals surface area (Å²) in [6.07, 6.45) is 1.37. The Hall–Kier alpha value is -1.42. The van der Waals surface area contributed by atoms with Gasteiger partial charge in [-0.05, 0) is 18.9 Å². The molecule has 1 fully saturated rings. The van der Waals surface area contributed by atoms with Crippen LogP contribution in [-0.2, 0) is 10.2 Å². The van der Waals surface area contributed by atoms with E-state index in [2.05, 4.69) is 0 Å². The lowest BCUT2D eigenvalue weighted by Crippen LogP contribution is -2.38. The number of nitrogens with zero attached hydrogens (tertiary/aromatic N) is 1. The predicted molar refractivity (Wildman–Crippen MR) is 62.0 cm³/mol. The van der Waals surface area contributed by atoms with Gasteiger partial charge in [-0.3, -0.25) is 4.79 Å². The van der Waals surface area contributed by atoms with E-state index in [0.29, 0.717) is 18.4 Å². The maximum absolute atomic E-state index is 13.7. The molecule has 0 aliphatic heterocycles. The maximum atomic E-state index is 13.7. The largest absolute Gasteiger partial charge is 0.395 e. The number of aliphatic hydroxyl groups is 1. The summed E-state index contributed by atoms with van der Waals surface area (Å²) in [6.45, 7) is 0.213. The van der Waals surface area contributed by atoms with Gasteiger partial charge in [-0.25, -0.2) is 4.39 Å². The summed E-state index contributed by atoms with van der Waals surface area (Å²) in [4.78, 5) is 13.7. The third-order valence-electron chi connectivity index (χ3n) is 3.33. The lowest BCUT2D eigenvalue weighted by Gasteiger charge is -2.23. The van der Waals surface area contributed by atoms with Gasteiger partial charge in [0.15, 0.2) is 0 Å². The number of likely N-dealkylation sites (N-methyl/N-ethyl adjacent to an activating group) is 1. The van der Waals surface area contributed by atoms with Crippen molar-refractivity contribution in [3.63, 3.8) is 0 Å². The van der Waals surface area contributed by atoms with Crippen LogP contribution < -0.4 is 0 Å². The smallest absolute Gasteiger partial charge is 0.233 e. The second-order valence-electron chi connectivity index (χ2n) is 4.51. The molecule has 4 heteroatoms. The van der Waals surface area contributed by atoms with Crippen LogP contribution in [0.5, 0.6) is 0 Å². The summed E-state index contributed by atoms with van der Waals surface area (Å²) < 4.78 is 13.7. The van der Waals surface area contributed by atoms with Crippen molar-refractivity contribution in [2.45, 2.75) is 18.3 Å². The molecule has 1 amide bonds. The highest BCUT2D eigenvalue weighted by Crippen LogP contribution is 2.50. The van der Waals surface area contributed by atoms with E-state index < -0.39 is 5.41 Å². The van der Waals surface area contributed by atoms with E-state index in [4.69, 9.17) is 5.11 Å². The summed E-state index contributed by atoms with van der Waals surface area (Å²) in [7, 11) is 1.64. The van der Waals surface area contributed by atoms with E-state index in [1.807, 2.05) is 0 Å². The van der Waals surface area contributed by atoms with Crippen molar-refractivity contribution in [1.29, 1.82) is 0 Å². The molecule has 0 atom stereocenters. The average molecular weight is 237 g/mol. The lowest BCUT2D eigenvalue weighted by molar-refractivity contribution is -0.133. The molecule has 0 unspecified atom stereocenters. The number of halogens is 1. The highest BCUT2D eigenvalue weighted by atomic mass is 19.1. The minimum atomic E-state index is -0.685. The molecule has 2 rings (SSSR count). The molecule has 17 heavy (non-hydrogen) atoms. The van der Waals surface area contributed by atoms with Crippen LogP contribution in [0.3, 0.4) is 0 Å². The summed E-state index contributed by atoms with van der Waals surface area (Å²) in [5.74, 6) is -0.424. The zero-order valence-corrected chi connectivity index (χ0v) is 9.82. The van der Waals surface area contributed by atoms with E-state index in [1.165, 1.54) is 11.0 Å². The number of benzene rings is 1. The molecular weight excluding hydrogens is 221 g/mol. The van der Waals surface area contributed by atoms with Crippen LogP contribution in [0, 0.1) is 5.82 Å². The maximum Gasteiger partial charge on any atom is 0.233 e. The Morgan fingerprint density at radius 2 is 2.12 bits per heavy atom. The third-order valence-corrected chi connectivity index (χ3v) is 3.33. The Morgan fingerprint density at radius 3 is 2.65 bits per heavy atom. The molecule has 1 aromatic rings. The number of rotatable bonds is 4. The van der Waals surface area contributed by atoms with Crippen LogP contribution in [0.1, 0.15) is 18.4 Å². The van der Waals surface area contributed by atoms with Gasteiger partial charge in [0.25, 0.3) is 0 Å². The van der Waals surface area contributed by atoms with Crippen molar-refractivity contribution in [3.05, 3.63) is 35.6 Å². The number of amides is 1. The summed E-state index contributed by atoms with van der Waals surface area (Å²) in [5.41, 5.74) is -0.204. The molecule has 1 N–H and O–H groups in total. The second kappa shape index (κ2) is 4.45. The third kappa shape index (κ3) is 2.05. The van der Waals surface area contributed by atoms with Crippen LogP contribution in [0.2, 0.25) is 0 Å². The molecule has 0 radical (unpaired) electrons. The molecule has 0 saturated heterocycles. The topological polar surface area (TPSA) is 40.5 Å². The summed E-state index contributed by atoms with van der Waals surface area (Å²) in [5, 5.41) is 8.83. The summed E-state index contributed by atoms with van der Waals surface area (Å²) in [6, 6.07) is 6.43. The van der Waals surface area contributed by atoms with Gasteiger partial charge in [0.1, 0.15) is 5.82 Å². The second-order valence-corrected chi connectivity index (χ2v) is 4.51. The number of hydrogen-bond donors (Lipinski definition) is 1. The van der Waals surface area contributed by atoms with Gasteiger partial charge in [0, 0.05) is 19.2 Å². The van der Waals surface area contributed by atoms with Crippen LogP contribution in [-0.4, -0.2) is 36.1 Å². The molecule has 92 valence electrons. The quantitative estimate of drug-likeness (QED) is 0.857. The van der Waals surface area contributed by atoms with E-state index in [-0.39, 0.29) is 24.9 Å². The molecule has 3 nitrogen and oxygen atoms in total. The highest BCUT2D eigenvalue weighted by Gasteiger charge is 2.53. The number of aliphatic hydroxyl groups excluding tert-OH is 1. The molecule has 1 aliphatic rings. The zero-order chi connectivity index (χ0) is 12.5. The first kappa shape index (κ1) is 12.0. The van der Waals surface area contributed by atoms with Gasteiger partial charge in [-0.15, -0.1) is 0 Å². The zero-order valence-electron chi connectivity index (χ0n) is 9.82.